The van der Waals surface area contributed by atoms with Gasteiger partial charge < -0.3 is 10.1 Å². The SMILES string of the molecule is N#CC1(NC(=O)COc2cccc(I)c2)CCCC1. The smallest absolute Gasteiger partial charge is 0.259 e. The first kappa shape index (κ1) is 14.1. The van der Waals surface area contributed by atoms with Crippen LogP contribution in [0.1, 0.15) is 25.7 Å². The zero-order valence-electron chi connectivity index (χ0n) is 10.5. The minimum Gasteiger partial charge on any atom is -0.484 e. The summed E-state index contributed by atoms with van der Waals surface area (Å²) >= 11 is 2.19. The molecule has 0 saturated heterocycles. The van der Waals surface area contributed by atoms with Gasteiger partial charge in [0.2, 0.25) is 0 Å². The summed E-state index contributed by atoms with van der Waals surface area (Å²) in [7, 11) is 0. The molecule has 0 radical (unpaired) electrons. The summed E-state index contributed by atoms with van der Waals surface area (Å²) in [6, 6.07) is 9.73. The number of nitrogens with one attached hydrogen (secondary N) is 1. The number of amides is 1. The van der Waals surface area contributed by atoms with Gasteiger partial charge in [0.1, 0.15) is 11.3 Å². The topological polar surface area (TPSA) is 62.1 Å². The second-order valence-electron chi connectivity index (χ2n) is 4.70. The van der Waals surface area contributed by atoms with Crippen molar-refractivity contribution in [1.82, 2.24) is 5.32 Å². The molecule has 1 amide bonds. The van der Waals surface area contributed by atoms with Crippen LogP contribution >= 0.6 is 22.6 Å². The van der Waals surface area contributed by atoms with Crippen LogP contribution in [0.25, 0.3) is 0 Å². The van der Waals surface area contributed by atoms with Crippen LogP contribution in [0.4, 0.5) is 0 Å². The Morgan fingerprint density at radius 3 is 2.84 bits per heavy atom. The Labute approximate surface area is 126 Å². The van der Waals surface area contributed by atoms with Crippen LogP contribution < -0.4 is 10.1 Å². The normalized spacial score (nSPS) is 16.6. The average Bonchev–Trinajstić information content (AvgIpc) is 2.86. The van der Waals surface area contributed by atoms with Crippen LogP contribution in [0.5, 0.6) is 5.75 Å². The Kier molecular flexibility index (Phi) is 4.64. The molecular formula is C14H15IN2O2. The van der Waals surface area contributed by atoms with Crippen LogP contribution in [-0.4, -0.2) is 18.1 Å². The molecule has 1 saturated carbocycles. The number of rotatable bonds is 4. The van der Waals surface area contributed by atoms with E-state index >= 15 is 0 Å². The second kappa shape index (κ2) is 6.24. The Balaban J connectivity index is 1.87. The monoisotopic (exact) mass is 370 g/mol. The molecule has 0 spiro atoms. The molecule has 0 aliphatic heterocycles. The Morgan fingerprint density at radius 2 is 2.21 bits per heavy atom. The van der Waals surface area contributed by atoms with E-state index in [1.807, 2.05) is 24.3 Å². The fraction of sp³-hybridized carbons (Fsp3) is 0.429. The van der Waals surface area contributed by atoms with Gasteiger partial charge in [-0.25, -0.2) is 0 Å². The van der Waals surface area contributed by atoms with Crippen molar-refractivity contribution in [2.45, 2.75) is 31.2 Å². The Morgan fingerprint density at radius 1 is 1.47 bits per heavy atom. The van der Waals surface area contributed by atoms with Gasteiger partial charge >= 0.3 is 0 Å². The van der Waals surface area contributed by atoms with E-state index in [1.54, 1.807) is 0 Å². The number of nitriles is 1. The fourth-order valence-corrected chi connectivity index (χ4v) is 2.77. The molecule has 5 heteroatoms. The van der Waals surface area contributed by atoms with Crippen molar-refractivity contribution in [3.8, 4) is 11.8 Å². The molecule has 1 aliphatic carbocycles. The van der Waals surface area contributed by atoms with E-state index in [4.69, 9.17) is 4.74 Å². The third-order valence-corrected chi connectivity index (χ3v) is 3.89. The quantitative estimate of drug-likeness (QED) is 0.829. The van der Waals surface area contributed by atoms with Crippen LogP contribution in [0.2, 0.25) is 0 Å². The molecule has 1 aromatic rings. The van der Waals surface area contributed by atoms with Gasteiger partial charge in [0.25, 0.3) is 5.91 Å². The van der Waals surface area contributed by atoms with Crippen LogP contribution in [0.3, 0.4) is 0 Å². The highest BCUT2D eigenvalue weighted by Gasteiger charge is 2.35. The van der Waals surface area contributed by atoms with Crippen molar-refractivity contribution >= 4 is 28.5 Å². The zero-order chi connectivity index (χ0) is 13.7. The lowest BCUT2D eigenvalue weighted by molar-refractivity contribution is -0.124. The van der Waals surface area contributed by atoms with Crippen molar-refractivity contribution in [2.24, 2.45) is 0 Å². The third kappa shape index (κ3) is 3.83. The van der Waals surface area contributed by atoms with Gasteiger partial charge in [0, 0.05) is 3.57 Å². The summed E-state index contributed by atoms with van der Waals surface area (Å²) in [6.07, 6.45) is 3.45. The van der Waals surface area contributed by atoms with Gasteiger partial charge in [0.15, 0.2) is 6.61 Å². The zero-order valence-corrected chi connectivity index (χ0v) is 12.6. The molecular weight excluding hydrogens is 355 g/mol. The molecule has 0 bridgehead atoms. The molecule has 19 heavy (non-hydrogen) atoms. The van der Waals surface area contributed by atoms with Gasteiger partial charge in [0.05, 0.1) is 6.07 Å². The lowest BCUT2D eigenvalue weighted by Gasteiger charge is -2.21. The highest BCUT2D eigenvalue weighted by Crippen LogP contribution is 2.28. The average molecular weight is 370 g/mol. The Bertz CT molecular complexity index is 504. The minimum absolute atomic E-state index is 0.0521. The molecule has 1 aliphatic rings. The van der Waals surface area contributed by atoms with Gasteiger partial charge in [-0.05, 0) is 66.5 Å². The molecule has 0 aromatic heterocycles. The molecule has 0 unspecified atom stereocenters. The molecule has 2 rings (SSSR count). The first-order valence-electron chi connectivity index (χ1n) is 6.24. The lowest BCUT2D eigenvalue weighted by Crippen LogP contribution is -2.47. The van der Waals surface area contributed by atoms with Crippen molar-refractivity contribution in [3.05, 3.63) is 27.8 Å². The number of hydrogen-bond acceptors (Lipinski definition) is 3. The standard InChI is InChI=1S/C14H15IN2O2/c15-11-4-3-5-12(8-11)19-9-13(18)17-14(10-16)6-1-2-7-14/h3-5,8H,1-2,6-7,9H2,(H,17,18). The van der Waals surface area contributed by atoms with E-state index in [0.29, 0.717) is 5.75 Å². The van der Waals surface area contributed by atoms with Gasteiger partial charge in [-0.3, -0.25) is 4.79 Å². The summed E-state index contributed by atoms with van der Waals surface area (Å²) in [6.45, 7) is -0.0521. The third-order valence-electron chi connectivity index (χ3n) is 3.22. The highest BCUT2D eigenvalue weighted by atomic mass is 127. The first-order valence-corrected chi connectivity index (χ1v) is 7.32. The summed E-state index contributed by atoms with van der Waals surface area (Å²) in [5, 5.41) is 12.0. The summed E-state index contributed by atoms with van der Waals surface area (Å²) < 4.78 is 6.48. The van der Waals surface area contributed by atoms with E-state index in [0.717, 1.165) is 29.3 Å². The molecule has 100 valence electrons. The molecule has 1 fully saturated rings. The van der Waals surface area contributed by atoms with Crippen molar-refractivity contribution in [2.75, 3.05) is 6.61 Å². The van der Waals surface area contributed by atoms with Crippen molar-refractivity contribution < 1.29 is 9.53 Å². The minimum atomic E-state index is -0.675. The van der Waals surface area contributed by atoms with Gasteiger partial charge in [-0.2, -0.15) is 5.26 Å². The molecule has 0 heterocycles. The molecule has 1 aromatic carbocycles. The highest BCUT2D eigenvalue weighted by molar-refractivity contribution is 14.1. The number of carbonyl (C=O) groups is 1. The first-order chi connectivity index (χ1) is 9.13. The summed E-state index contributed by atoms with van der Waals surface area (Å²) in [4.78, 5) is 11.8. The van der Waals surface area contributed by atoms with E-state index in [9.17, 15) is 10.1 Å². The number of benzene rings is 1. The summed E-state index contributed by atoms with van der Waals surface area (Å²) in [5.74, 6) is 0.432. The van der Waals surface area contributed by atoms with E-state index in [1.165, 1.54) is 0 Å². The van der Waals surface area contributed by atoms with Crippen LogP contribution in [0.15, 0.2) is 24.3 Å². The predicted octanol–water partition coefficient (Wildman–Crippen LogP) is 2.62. The van der Waals surface area contributed by atoms with Crippen molar-refractivity contribution in [3.63, 3.8) is 0 Å². The number of carbonyl (C=O) groups excluding carboxylic acids is 1. The molecule has 1 N–H and O–H groups in total. The molecule has 0 atom stereocenters. The largest absolute Gasteiger partial charge is 0.484 e. The number of ether oxygens (including phenoxy) is 1. The number of hydrogen-bond donors (Lipinski definition) is 1. The maximum absolute atomic E-state index is 11.8. The Hall–Kier alpha value is -1.29. The van der Waals surface area contributed by atoms with E-state index in [-0.39, 0.29) is 12.5 Å². The predicted molar refractivity (Wildman–Crippen MR) is 79.6 cm³/mol. The maximum atomic E-state index is 11.8. The lowest BCUT2D eigenvalue weighted by atomic mass is 10.00. The molecule has 4 nitrogen and oxygen atoms in total. The van der Waals surface area contributed by atoms with E-state index < -0.39 is 5.54 Å². The number of halogens is 1. The van der Waals surface area contributed by atoms with Crippen LogP contribution in [0, 0.1) is 14.9 Å². The second-order valence-corrected chi connectivity index (χ2v) is 5.94. The fourth-order valence-electron chi connectivity index (χ4n) is 2.25. The van der Waals surface area contributed by atoms with Crippen LogP contribution in [-0.2, 0) is 4.79 Å². The van der Waals surface area contributed by atoms with Gasteiger partial charge in [-0.1, -0.05) is 6.07 Å². The number of nitrogens with zero attached hydrogens (tertiary/aromatic N) is 1. The van der Waals surface area contributed by atoms with Crippen molar-refractivity contribution in [1.29, 1.82) is 5.26 Å². The van der Waals surface area contributed by atoms with E-state index in [2.05, 4.69) is 34.0 Å². The summed E-state index contributed by atoms with van der Waals surface area (Å²) in [5.41, 5.74) is -0.675. The maximum Gasteiger partial charge on any atom is 0.259 e. The van der Waals surface area contributed by atoms with Gasteiger partial charge in [-0.15, -0.1) is 0 Å².